The molecular formula is C13H13F3N2O2S. The van der Waals surface area contributed by atoms with Crippen molar-refractivity contribution in [2.75, 3.05) is 19.7 Å². The van der Waals surface area contributed by atoms with Crippen molar-refractivity contribution < 1.29 is 22.7 Å². The number of rotatable bonds is 2. The summed E-state index contributed by atoms with van der Waals surface area (Å²) >= 11 is 4.79. The number of thiocarbonyl (C=S) groups is 1. The molecule has 1 aromatic rings. The highest BCUT2D eigenvalue weighted by molar-refractivity contribution is 7.80. The molecule has 21 heavy (non-hydrogen) atoms. The van der Waals surface area contributed by atoms with Crippen LogP contribution in [0.25, 0.3) is 0 Å². The lowest BCUT2D eigenvalue weighted by molar-refractivity contribution is -0.138. The minimum Gasteiger partial charge on any atom is -0.391 e. The Morgan fingerprint density at radius 2 is 2.05 bits per heavy atom. The Morgan fingerprint density at radius 1 is 1.38 bits per heavy atom. The van der Waals surface area contributed by atoms with Crippen molar-refractivity contribution in [1.29, 1.82) is 0 Å². The maximum absolute atomic E-state index is 12.9. The highest BCUT2D eigenvalue weighted by Crippen LogP contribution is 2.32. The summed E-state index contributed by atoms with van der Waals surface area (Å²) in [5.74, 6) is -0.701. The molecule has 0 bridgehead atoms. The molecular weight excluding hydrogens is 305 g/mol. The average Bonchev–Trinajstić information content (AvgIpc) is 2.45. The molecule has 1 heterocycles. The molecule has 2 rings (SSSR count). The molecule has 0 saturated carbocycles. The molecule has 2 N–H and O–H groups in total. The van der Waals surface area contributed by atoms with Crippen LogP contribution in [0.4, 0.5) is 13.2 Å². The molecule has 114 valence electrons. The number of carbonyl (C=O) groups is 1. The normalized spacial score (nSPS) is 19.4. The van der Waals surface area contributed by atoms with Crippen LogP contribution < -0.4 is 5.73 Å². The molecule has 0 aromatic heterocycles. The van der Waals surface area contributed by atoms with E-state index in [9.17, 15) is 18.0 Å². The number of morpholine rings is 1. The van der Waals surface area contributed by atoms with Crippen LogP contribution in [0.3, 0.4) is 0 Å². The number of benzene rings is 1. The van der Waals surface area contributed by atoms with Gasteiger partial charge in [0.05, 0.1) is 24.3 Å². The van der Waals surface area contributed by atoms with Gasteiger partial charge < -0.3 is 15.4 Å². The zero-order valence-corrected chi connectivity index (χ0v) is 11.7. The maximum Gasteiger partial charge on any atom is 0.417 e. The van der Waals surface area contributed by atoms with Crippen molar-refractivity contribution in [2.45, 2.75) is 12.3 Å². The number of ether oxygens (including phenoxy) is 1. The van der Waals surface area contributed by atoms with Gasteiger partial charge in [0.25, 0.3) is 5.91 Å². The van der Waals surface area contributed by atoms with Crippen molar-refractivity contribution in [1.82, 2.24) is 4.90 Å². The summed E-state index contributed by atoms with van der Waals surface area (Å²) in [7, 11) is 0. The van der Waals surface area contributed by atoms with Crippen LogP contribution in [0.5, 0.6) is 0 Å². The summed E-state index contributed by atoms with van der Waals surface area (Å²) in [5.41, 5.74) is 4.12. The number of carbonyl (C=O) groups excluding carboxylic acids is 1. The Morgan fingerprint density at radius 3 is 2.67 bits per heavy atom. The van der Waals surface area contributed by atoms with Crippen LogP contribution in [0.15, 0.2) is 24.3 Å². The van der Waals surface area contributed by atoms with E-state index in [2.05, 4.69) is 0 Å². The summed E-state index contributed by atoms with van der Waals surface area (Å²) in [4.78, 5) is 13.7. The molecule has 1 saturated heterocycles. The van der Waals surface area contributed by atoms with E-state index in [1.54, 1.807) is 0 Å². The number of hydrogen-bond acceptors (Lipinski definition) is 3. The van der Waals surface area contributed by atoms with Crippen LogP contribution >= 0.6 is 12.2 Å². The van der Waals surface area contributed by atoms with E-state index in [4.69, 9.17) is 22.7 Å². The van der Waals surface area contributed by atoms with Crippen LogP contribution in [0.1, 0.15) is 15.9 Å². The first kappa shape index (κ1) is 15.7. The van der Waals surface area contributed by atoms with Gasteiger partial charge in [-0.15, -0.1) is 0 Å². The van der Waals surface area contributed by atoms with Gasteiger partial charge in [-0.25, -0.2) is 0 Å². The minimum atomic E-state index is -4.58. The molecule has 1 amide bonds. The first-order chi connectivity index (χ1) is 9.80. The predicted molar refractivity (Wildman–Crippen MR) is 73.9 cm³/mol. The molecule has 1 aliphatic heterocycles. The highest BCUT2D eigenvalue weighted by atomic mass is 32.1. The molecule has 0 radical (unpaired) electrons. The van der Waals surface area contributed by atoms with Gasteiger partial charge in [0.15, 0.2) is 0 Å². The van der Waals surface area contributed by atoms with E-state index >= 15 is 0 Å². The number of halogens is 3. The quantitative estimate of drug-likeness (QED) is 0.845. The lowest BCUT2D eigenvalue weighted by Crippen LogP contribution is -2.50. The van der Waals surface area contributed by atoms with Crippen molar-refractivity contribution in [3.05, 3.63) is 35.4 Å². The fourth-order valence-electron chi connectivity index (χ4n) is 2.09. The third-order valence-electron chi connectivity index (χ3n) is 3.13. The zero-order chi connectivity index (χ0) is 15.6. The first-order valence-electron chi connectivity index (χ1n) is 6.17. The van der Waals surface area contributed by atoms with Crippen molar-refractivity contribution >= 4 is 23.1 Å². The van der Waals surface area contributed by atoms with E-state index in [-0.39, 0.29) is 30.2 Å². The van der Waals surface area contributed by atoms with E-state index in [0.29, 0.717) is 0 Å². The number of alkyl halides is 3. The molecule has 1 atom stereocenters. The number of amides is 1. The molecule has 1 unspecified atom stereocenters. The number of nitrogens with two attached hydrogens (primary N) is 1. The third-order valence-corrected chi connectivity index (χ3v) is 3.40. The van der Waals surface area contributed by atoms with E-state index in [1.807, 2.05) is 0 Å². The van der Waals surface area contributed by atoms with Gasteiger partial charge in [0.1, 0.15) is 11.1 Å². The number of hydrogen-bond donors (Lipinski definition) is 1. The Balaban J connectivity index is 2.26. The average molecular weight is 318 g/mol. The topological polar surface area (TPSA) is 55.6 Å². The standard InChI is InChI=1S/C13H13F3N2O2S/c14-13(15,16)9-4-2-1-3-8(9)12(19)18-5-6-20-10(7-18)11(17)21/h1-4,10H,5-7H2,(H2,17,21). The van der Waals surface area contributed by atoms with Gasteiger partial charge in [0, 0.05) is 6.54 Å². The monoisotopic (exact) mass is 318 g/mol. The minimum absolute atomic E-state index is 0.0559. The van der Waals surface area contributed by atoms with E-state index in [1.165, 1.54) is 17.0 Å². The SMILES string of the molecule is NC(=S)C1CN(C(=O)c2ccccc2C(F)(F)F)CCO1. The van der Waals surface area contributed by atoms with Crippen LogP contribution in [-0.2, 0) is 10.9 Å². The van der Waals surface area contributed by atoms with Crippen molar-refractivity contribution in [3.63, 3.8) is 0 Å². The molecule has 4 nitrogen and oxygen atoms in total. The molecule has 0 aliphatic carbocycles. The summed E-state index contributed by atoms with van der Waals surface area (Å²) in [6.45, 7) is 0.437. The lowest BCUT2D eigenvalue weighted by atomic mass is 10.1. The molecule has 0 spiro atoms. The zero-order valence-electron chi connectivity index (χ0n) is 10.9. The van der Waals surface area contributed by atoms with Crippen LogP contribution in [-0.4, -0.2) is 41.6 Å². The fraction of sp³-hybridized carbons (Fsp3) is 0.385. The summed E-state index contributed by atoms with van der Waals surface area (Å²) in [5, 5.41) is 0. The maximum atomic E-state index is 12.9. The van der Waals surface area contributed by atoms with Crippen molar-refractivity contribution in [2.24, 2.45) is 5.73 Å². The number of nitrogens with zero attached hydrogens (tertiary/aromatic N) is 1. The Hall–Kier alpha value is -1.67. The van der Waals surface area contributed by atoms with E-state index in [0.717, 1.165) is 12.1 Å². The Kier molecular flexibility index (Phi) is 4.48. The van der Waals surface area contributed by atoms with Gasteiger partial charge >= 0.3 is 6.18 Å². The molecule has 1 fully saturated rings. The fourth-order valence-corrected chi connectivity index (χ4v) is 2.24. The lowest BCUT2D eigenvalue weighted by Gasteiger charge is -2.32. The Bertz CT molecular complexity index is 563. The van der Waals surface area contributed by atoms with Gasteiger partial charge in [-0.2, -0.15) is 13.2 Å². The summed E-state index contributed by atoms with van der Waals surface area (Å²) in [6, 6.07) is 4.69. The molecule has 1 aliphatic rings. The smallest absolute Gasteiger partial charge is 0.391 e. The summed E-state index contributed by atoms with van der Waals surface area (Å²) in [6.07, 6.45) is -5.21. The van der Waals surface area contributed by atoms with Crippen molar-refractivity contribution in [3.8, 4) is 0 Å². The molecule has 8 heteroatoms. The van der Waals surface area contributed by atoms with E-state index < -0.39 is 23.8 Å². The van der Waals surface area contributed by atoms with Gasteiger partial charge in [-0.1, -0.05) is 24.4 Å². The highest BCUT2D eigenvalue weighted by Gasteiger charge is 2.37. The van der Waals surface area contributed by atoms with Crippen LogP contribution in [0, 0.1) is 0 Å². The second kappa shape index (κ2) is 5.98. The second-order valence-electron chi connectivity index (χ2n) is 4.56. The first-order valence-corrected chi connectivity index (χ1v) is 6.58. The third kappa shape index (κ3) is 3.51. The van der Waals surface area contributed by atoms with Gasteiger partial charge in [-0.05, 0) is 12.1 Å². The predicted octanol–water partition coefficient (Wildman–Crippen LogP) is 1.83. The Labute approximate surface area is 124 Å². The summed E-state index contributed by atoms with van der Waals surface area (Å²) < 4.78 is 44.1. The largest absolute Gasteiger partial charge is 0.417 e. The van der Waals surface area contributed by atoms with Gasteiger partial charge in [0.2, 0.25) is 0 Å². The second-order valence-corrected chi connectivity index (χ2v) is 5.03. The molecule has 1 aromatic carbocycles. The van der Waals surface area contributed by atoms with Gasteiger partial charge in [-0.3, -0.25) is 4.79 Å². The van der Waals surface area contributed by atoms with Crippen LogP contribution in [0.2, 0.25) is 0 Å².